The molecule has 0 bridgehead atoms. The van der Waals surface area contributed by atoms with Gasteiger partial charge in [-0.1, -0.05) is 24.8 Å². The first kappa shape index (κ1) is 16.5. The molecule has 2 N–H and O–H groups in total. The number of hydrogen-bond donors (Lipinski definition) is 1. The number of carbonyl (C=O) groups is 1. The smallest absolute Gasteiger partial charge is 0.344 e. The average Bonchev–Trinajstić information content (AvgIpc) is 3.25. The standard InChI is InChI=1S/C19H20N4O3/c1-2-9-26-19(24)15-16-18(22-14-8-4-3-7-13(14)21-16)23(17(15)20)11-12-6-5-10-25-12/h2-4,7-8,12H,1,5-6,9-11,20H2/t12-/m1/s1. The van der Waals surface area contributed by atoms with Crippen LogP contribution in [0.1, 0.15) is 23.2 Å². The lowest BCUT2D eigenvalue weighted by molar-refractivity contribution is 0.0552. The Balaban J connectivity index is 1.90. The van der Waals surface area contributed by atoms with E-state index in [1.165, 1.54) is 6.08 Å². The van der Waals surface area contributed by atoms with Gasteiger partial charge < -0.3 is 19.8 Å². The van der Waals surface area contributed by atoms with E-state index in [4.69, 9.17) is 20.2 Å². The largest absolute Gasteiger partial charge is 0.458 e. The van der Waals surface area contributed by atoms with Gasteiger partial charge in [0.1, 0.15) is 23.5 Å². The van der Waals surface area contributed by atoms with Crippen LogP contribution in [0.3, 0.4) is 0 Å². The summed E-state index contributed by atoms with van der Waals surface area (Å²) in [6, 6.07) is 7.52. The van der Waals surface area contributed by atoms with Crippen molar-refractivity contribution in [3.05, 3.63) is 42.5 Å². The van der Waals surface area contributed by atoms with Gasteiger partial charge in [-0.15, -0.1) is 0 Å². The van der Waals surface area contributed by atoms with Gasteiger partial charge in [0.25, 0.3) is 0 Å². The van der Waals surface area contributed by atoms with E-state index in [-0.39, 0.29) is 18.3 Å². The van der Waals surface area contributed by atoms with Crippen molar-refractivity contribution in [1.29, 1.82) is 0 Å². The van der Waals surface area contributed by atoms with Crippen LogP contribution < -0.4 is 5.73 Å². The summed E-state index contributed by atoms with van der Waals surface area (Å²) < 4.78 is 12.8. The molecule has 1 aromatic carbocycles. The lowest BCUT2D eigenvalue weighted by Gasteiger charge is -2.13. The second kappa shape index (κ2) is 6.76. The minimum absolute atomic E-state index is 0.0539. The third-order valence-corrected chi connectivity index (χ3v) is 4.54. The first-order valence-corrected chi connectivity index (χ1v) is 8.63. The van der Waals surface area contributed by atoms with Gasteiger partial charge in [-0.3, -0.25) is 0 Å². The van der Waals surface area contributed by atoms with Crippen LogP contribution in [-0.2, 0) is 16.0 Å². The van der Waals surface area contributed by atoms with E-state index in [9.17, 15) is 4.79 Å². The molecule has 0 spiro atoms. The molecule has 1 aliphatic rings. The number of carbonyl (C=O) groups excluding carboxylic acids is 1. The molecule has 26 heavy (non-hydrogen) atoms. The first-order valence-electron chi connectivity index (χ1n) is 8.63. The molecule has 3 aromatic rings. The Morgan fingerprint density at radius 1 is 1.38 bits per heavy atom. The Bertz CT molecular complexity index is 989. The van der Waals surface area contributed by atoms with E-state index >= 15 is 0 Å². The van der Waals surface area contributed by atoms with Gasteiger partial charge in [-0.2, -0.15) is 0 Å². The monoisotopic (exact) mass is 352 g/mol. The van der Waals surface area contributed by atoms with Crippen LogP contribution >= 0.6 is 0 Å². The molecule has 1 fully saturated rings. The summed E-state index contributed by atoms with van der Waals surface area (Å²) in [5.74, 6) is -0.220. The van der Waals surface area contributed by atoms with Gasteiger partial charge in [0.2, 0.25) is 0 Å². The van der Waals surface area contributed by atoms with Crippen LogP contribution in [0.5, 0.6) is 0 Å². The van der Waals surface area contributed by atoms with E-state index in [0.29, 0.717) is 29.0 Å². The van der Waals surface area contributed by atoms with Crippen LogP contribution in [0.25, 0.3) is 22.2 Å². The number of hydrogen-bond acceptors (Lipinski definition) is 6. The van der Waals surface area contributed by atoms with Crippen molar-refractivity contribution in [3.63, 3.8) is 0 Å². The summed E-state index contributed by atoms with van der Waals surface area (Å²) in [7, 11) is 0. The number of aromatic nitrogens is 3. The average molecular weight is 352 g/mol. The lowest BCUT2D eigenvalue weighted by atomic mass is 10.2. The molecule has 0 saturated carbocycles. The van der Waals surface area contributed by atoms with Crippen molar-refractivity contribution < 1.29 is 14.3 Å². The van der Waals surface area contributed by atoms with Gasteiger partial charge in [-0.25, -0.2) is 14.8 Å². The molecule has 134 valence electrons. The highest BCUT2D eigenvalue weighted by atomic mass is 16.5. The predicted molar refractivity (Wildman–Crippen MR) is 98.9 cm³/mol. The summed E-state index contributed by atoms with van der Waals surface area (Å²) >= 11 is 0. The zero-order chi connectivity index (χ0) is 18.1. The molecule has 4 rings (SSSR count). The second-order valence-electron chi connectivity index (χ2n) is 6.28. The van der Waals surface area contributed by atoms with Crippen molar-refractivity contribution in [2.24, 2.45) is 0 Å². The van der Waals surface area contributed by atoms with Crippen LogP contribution in [0.15, 0.2) is 36.9 Å². The first-order chi connectivity index (χ1) is 12.7. The molecule has 1 saturated heterocycles. The van der Waals surface area contributed by atoms with Crippen molar-refractivity contribution >= 4 is 34.0 Å². The Hall–Kier alpha value is -2.93. The van der Waals surface area contributed by atoms with E-state index < -0.39 is 5.97 Å². The molecule has 2 aromatic heterocycles. The van der Waals surface area contributed by atoms with Gasteiger partial charge >= 0.3 is 5.97 Å². The van der Waals surface area contributed by atoms with E-state index in [2.05, 4.69) is 11.6 Å². The summed E-state index contributed by atoms with van der Waals surface area (Å²) in [5.41, 5.74) is 9.05. The normalized spacial score (nSPS) is 17.0. The Morgan fingerprint density at radius 3 is 2.85 bits per heavy atom. The van der Waals surface area contributed by atoms with Crippen molar-refractivity contribution in [3.8, 4) is 0 Å². The SMILES string of the molecule is C=CCOC(=O)c1c(N)n(C[C@H]2CCCO2)c2nc3ccccc3nc12. The molecular formula is C19H20N4O3. The molecule has 7 nitrogen and oxygen atoms in total. The molecule has 0 radical (unpaired) electrons. The molecule has 0 amide bonds. The number of rotatable bonds is 5. The Labute approximate surface area is 150 Å². The number of fused-ring (bicyclic) bond motifs is 2. The van der Waals surface area contributed by atoms with E-state index in [1.807, 2.05) is 28.8 Å². The minimum Gasteiger partial charge on any atom is -0.458 e. The molecule has 1 atom stereocenters. The van der Waals surface area contributed by atoms with Crippen molar-refractivity contribution in [2.75, 3.05) is 18.9 Å². The third kappa shape index (κ3) is 2.80. The second-order valence-corrected chi connectivity index (χ2v) is 6.28. The van der Waals surface area contributed by atoms with Crippen molar-refractivity contribution in [1.82, 2.24) is 14.5 Å². The van der Waals surface area contributed by atoms with Crippen LogP contribution in [0.4, 0.5) is 5.82 Å². The highest BCUT2D eigenvalue weighted by molar-refractivity contribution is 6.08. The minimum atomic E-state index is -0.525. The number of nitrogens with two attached hydrogens (primary N) is 1. The fourth-order valence-corrected chi connectivity index (χ4v) is 3.30. The quantitative estimate of drug-likeness (QED) is 0.561. The molecular weight excluding hydrogens is 332 g/mol. The summed E-state index contributed by atoms with van der Waals surface area (Å²) in [6.45, 7) is 4.95. The van der Waals surface area contributed by atoms with E-state index in [1.54, 1.807) is 0 Å². The Kier molecular flexibility index (Phi) is 4.30. The lowest BCUT2D eigenvalue weighted by Crippen LogP contribution is -2.17. The van der Waals surface area contributed by atoms with Crippen LogP contribution in [-0.4, -0.2) is 39.8 Å². The van der Waals surface area contributed by atoms with Gasteiger partial charge in [-0.05, 0) is 25.0 Å². The van der Waals surface area contributed by atoms with Crippen LogP contribution in [0, 0.1) is 0 Å². The molecule has 0 unspecified atom stereocenters. The highest BCUT2D eigenvalue weighted by Crippen LogP contribution is 2.30. The maximum absolute atomic E-state index is 12.6. The number of para-hydroxylation sites is 2. The number of esters is 1. The predicted octanol–water partition coefficient (Wildman–Crippen LogP) is 2.69. The van der Waals surface area contributed by atoms with Crippen molar-refractivity contribution in [2.45, 2.75) is 25.5 Å². The molecule has 0 aliphatic carbocycles. The molecule has 1 aliphatic heterocycles. The zero-order valence-corrected chi connectivity index (χ0v) is 14.4. The third-order valence-electron chi connectivity index (χ3n) is 4.54. The Morgan fingerprint density at radius 2 is 2.15 bits per heavy atom. The van der Waals surface area contributed by atoms with Crippen LogP contribution in [0.2, 0.25) is 0 Å². The van der Waals surface area contributed by atoms with E-state index in [0.717, 1.165) is 25.0 Å². The van der Waals surface area contributed by atoms with Gasteiger partial charge in [0.15, 0.2) is 5.65 Å². The maximum atomic E-state index is 12.6. The number of anilines is 1. The number of benzene rings is 1. The van der Waals surface area contributed by atoms with Gasteiger partial charge in [0.05, 0.1) is 23.7 Å². The number of nitrogens with zero attached hydrogens (tertiary/aromatic N) is 3. The summed E-state index contributed by atoms with van der Waals surface area (Å²) in [5, 5.41) is 0. The molecule has 3 heterocycles. The molecule has 7 heteroatoms. The highest BCUT2D eigenvalue weighted by Gasteiger charge is 2.27. The fourth-order valence-electron chi connectivity index (χ4n) is 3.30. The topological polar surface area (TPSA) is 92.3 Å². The summed E-state index contributed by atoms with van der Waals surface area (Å²) in [4.78, 5) is 21.9. The maximum Gasteiger partial charge on any atom is 0.344 e. The van der Waals surface area contributed by atoms with Gasteiger partial charge in [0, 0.05) is 6.61 Å². The summed E-state index contributed by atoms with van der Waals surface area (Å²) in [6.07, 6.45) is 3.54. The number of nitrogen functional groups attached to an aromatic ring is 1. The fraction of sp³-hybridized carbons (Fsp3) is 0.316. The number of ether oxygens (including phenoxy) is 2. The zero-order valence-electron chi connectivity index (χ0n) is 14.4.